The predicted octanol–water partition coefficient (Wildman–Crippen LogP) is 3.70. The van der Waals surface area contributed by atoms with Crippen molar-refractivity contribution in [1.29, 1.82) is 0 Å². The maximum atomic E-state index is 12.2. The summed E-state index contributed by atoms with van der Waals surface area (Å²) in [5, 5.41) is 5.81. The van der Waals surface area contributed by atoms with Crippen LogP contribution in [0.3, 0.4) is 0 Å². The highest BCUT2D eigenvalue weighted by Gasteiger charge is 2.14. The molecule has 1 fully saturated rings. The van der Waals surface area contributed by atoms with Gasteiger partial charge in [-0.3, -0.25) is 0 Å². The first-order chi connectivity index (χ1) is 12.0. The van der Waals surface area contributed by atoms with Gasteiger partial charge in [0.15, 0.2) is 0 Å². The number of rotatable bonds is 3. The number of nitrogens with zero attached hydrogens (tertiary/aromatic N) is 2. The van der Waals surface area contributed by atoms with Gasteiger partial charge in [-0.1, -0.05) is 12.1 Å². The summed E-state index contributed by atoms with van der Waals surface area (Å²) in [6, 6.07) is 13.7. The Balaban J connectivity index is 1.59. The Morgan fingerprint density at radius 2 is 1.60 bits per heavy atom. The molecule has 0 atom stereocenters. The maximum Gasteiger partial charge on any atom is 0.323 e. The molecule has 2 N–H and O–H groups in total. The molecule has 1 aliphatic heterocycles. The number of amides is 2. The van der Waals surface area contributed by atoms with Crippen molar-refractivity contribution in [3.8, 4) is 0 Å². The highest BCUT2D eigenvalue weighted by atomic mass is 16.2. The molecule has 2 aromatic rings. The zero-order valence-electron chi connectivity index (χ0n) is 15.2. The summed E-state index contributed by atoms with van der Waals surface area (Å²) in [5.41, 5.74) is 5.08. The van der Waals surface area contributed by atoms with Gasteiger partial charge in [0.1, 0.15) is 0 Å². The summed E-state index contributed by atoms with van der Waals surface area (Å²) in [6.45, 7) is 8.29. The monoisotopic (exact) mass is 338 g/mol. The van der Waals surface area contributed by atoms with E-state index in [9.17, 15) is 4.79 Å². The van der Waals surface area contributed by atoms with Crippen LogP contribution in [0.25, 0.3) is 0 Å². The van der Waals surface area contributed by atoms with E-state index in [1.54, 1.807) is 0 Å². The Labute approximate surface area is 149 Å². The average Bonchev–Trinajstić information content (AvgIpc) is 2.60. The molecule has 1 saturated heterocycles. The minimum atomic E-state index is -0.221. The Kier molecular flexibility index (Phi) is 5.24. The third-order valence-corrected chi connectivity index (χ3v) is 4.85. The van der Waals surface area contributed by atoms with Gasteiger partial charge in [0.2, 0.25) is 0 Å². The number of hydrogen-bond donors (Lipinski definition) is 2. The number of piperazine rings is 1. The molecule has 1 aliphatic rings. The molecule has 132 valence electrons. The van der Waals surface area contributed by atoms with E-state index in [2.05, 4.69) is 39.6 Å². The summed E-state index contributed by atoms with van der Waals surface area (Å²) >= 11 is 0. The van der Waals surface area contributed by atoms with Crippen molar-refractivity contribution < 1.29 is 4.79 Å². The van der Waals surface area contributed by atoms with Crippen LogP contribution in [0.15, 0.2) is 42.5 Å². The van der Waals surface area contributed by atoms with Gasteiger partial charge in [-0.15, -0.1) is 0 Å². The van der Waals surface area contributed by atoms with Gasteiger partial charge in [-0.05, 0) is 62.4 Å². The highest BCUT2D eigenvalue weighted by Crippen LogP contribution is 2.21. The smallest absolute Gasteiger partial charge is 0.323 e. The Hall–Kier alpha value is -2.53. The van der Waals surface area contributed by atoms with E-state index >= 15 is 0 Å². The molecule has 0 aromatic heterocycles. The topological polar surface area (TPSA) is 47.6 Å². The second-order valence-corrected chi connectivity index (χ2v) is 6.66. The Morgan fingerprint density at radius 3 is 2.28 bits per heavy atom. The zero-order valence-corrected chi connectivity index (χ0v) is 15.2. The van der Waals surface area contributed by atoms with Gasteiger partial charge < -0.3 is 20.4 Å². The number of carbonyl (C=O) groups is 1. The molecule has 0 bridgehead atoms. The summed E-state index contributed by atoms with van der Waals surface area (Å²) in [7, 11) is 2.15. The standard InChI is InChI=1S/C20H26N4O/c1-15-5-4-6-19(16(15)2)22-20(25)21-17-7-9-18(10-8-17)24-13-11-23(3)12-14-24/h4-10H,11-14H2,1-3H3,(H2,21,22,25). The van der Waals surface area contributed by atoms with Crippen LogP contribution in [0.1, 0.15) is 11.1 Å². The molecule has 5 nitrogen and oxygen atoms in total. The van der Waals surface area contributed by atoms with Gasteiger partial charge in [-0.2, -0.15) is 0 Å². The quantitative estimate of drug-likeness (QED) is 0.897. The number of urea groups is 1. The summed E-state index contributed by atoms with van der Waals surface area (Å²) < 4.78 is 0. The Morgan fingerprint density at radius 1 is 0.920 bits per heavy atom. The molecule has 0 spiro atoms. The normalized spacial score (nSPS) is 15.1. The van der Waals surface area contributed by atoms with E-state index in [4.69, 9.17) is 0 Å². The third kappa shape index (κ3) is 4.31. The van der Waals surface area contributed by atoms with Crippen LogP contribution in [0.5, 0.6) is 0 Å². The summed E-state index contributed by atoms with van der Waals surface area (Å²) in [5.74, 6) is 0. The molecule has 0 saturated carbocycles. The molecule has 25 heavy (non-hydrogen) atoms. The average molecular weight is 338 g/mol. The van der Waals surface area contributed by atoms with E-state index in [0.29, 0.717) is 0 Å². The Bertz CT molecular complexity index is 734. The van der Waals surface area contributed by atoms with E-state index in [1.807, 2.05) is 44.2 Å². The first kappa shape index (κ1) is 17.3. The van der Waals surface area contributed by atoms with Gasteiger partial charge in [0, 0.05) is 43.2 Å². The molecule has 2 amide bonds. The fraction of sp³-hybridized carbons (Fsp3) is 0.350. The molecular formula is C20H26N4O. The first-order valence-electron chi connectivity index (χ1n) is 8.71. The van der Waals surface area contributed by atoms with Gasteiger partial charge >= 0.3 is 6.03 Å². The highest BCUT2D eigenvalue weighted by molar-refractivity contribution is 6.00. The van der Waals surface area contributed by atoms with E-state index < -0.39 is 0 Å². The molecule has 5 heteroatoms. The molecule has 0 aliphatic carbocycles. The van der Waals surface area contributed by atoms with E-state index in [-0.39, 0.29) is 6.03 Å². The van der Waals surface area contributed by atoms with E-state index in [0.717, 1.165) is 48.7 Å². The summed E-state index contributed by atoms with van der Waals surface area (Å²) in [4.78, 5) is 16.9. The molecular weight excluding hydrogens is 312 g/mol. The van der Waals surface area contributed by atoms with Crippen LogP contribution >= 0.6 is 0 Å². The van der Waals surface area contributed by atoms with Crippen molar-refractivity contribution in [3.63, 3.8) is 0 Å². The number of hydrogen-bond acceptors (Lipinski definition) is 3. The first-order valence-corrected chi connectivity index (χ1v) is 8.71. The number of nitrogens with one attached hydrogen (secondary N) is 2. The minimum absolute atomic E-state index is 0.221. The van der Waals surface area contributed by atoms with Crippen molar-refractivity contribution in [1.82, 2.24) is 4.90 Å². The largest absolute Gasteiger partial charge is 0.369 e. The molecule has 0 unspecified atom stereocenters. The van der Waals surface area contributed by atoms with Crippen LogP contribution in [0.2, 0.25) is 0 Å². The van der Waals surface area contributed by atoms with E-state index in [1.165, 1.54) is 5.69 Å². The fourth-order valence-electron chi connectivity index (χ4n) is 2.99. The van der Waals surface area contributed by atoms with Gasteiger partial charge in [0.25, 0.3) is 0 Å². The van der Waals surface area contributed by atoms with Crippen LogP contribution in [-0.2, 0) is 0 Å². The maximum absolute atomic E-state index is 12.2. The van der Waals surface area contributed by atoms with Crippen molar-refractivity contribution >= 4 is 23.1 Å². The zero-order chi connectivity index (χ0) is 17.8. The number of benzene rings is 2. The van der Waals surface area contributed by atoms with Crippen LogP contribution in [0, 0.1) is 13.8 Å². The van der Waals surface area contributed by atoms with Crippen LogP contribution in [-0.4, -0.2) is 44.2 Å². The van der Waals surface area contributed by atoms with Crippen molar-refractivity contribution in [2.45, 2.75) is 13.8 Å². The summed E-state index contributed by atoms with van der Waals surface area (Å²) in [6.07, 6.45) is 0. The van der Waals surface area contributed by atoms with Gasteiger partial charge in [-0.25, -0.2) is 4.79 Å². The predicted molar refractivity (Wildman–Crippen MR) is 105 cm³/mol. The van der Waals surface area contributed by atoms with Crippen molar-refractivity contribution in [2.75, 3.05) is 48.8 Å². The molecule has 3 rings (SSSR count). The van der Waals surface area contributed by atoms with Crippen LogP contribution in [0.4, 0.5) is 21.9 Å². The molecule has 1 heterocycles. The lowest BCUT2D eigenvalue weighted by molar-refractivity contribution is 0.262. The third-order valence-electron chi connectivity index (χ3n) is 4.85. The lowest BCUT2D eigenvalue weighted by atomic mass is 10.1. The van der Waals surface area contributed by atoms with Crippen LogP contribution < -0.4 is 15.5 Å². The number of aryl methyl sites for hydroxylation is 1. The lowest BCUT2D eigenvalue weighted by Gasteiger charge is -2.34. The second kappa shape index (κ2) is 7.57. The minimum Gasteiger partial charge on any atom is -0.369 e. The molecule has 2 aromatic carbocycles. The van der Waals surface area contributed by atoms with Crippen molar-refractivity contribution in [3.05, 3.63) is 53.6 Å². The number of carbonyl (C=O) groups excluding carboxylic acids is 1. The molecule has 0 radical (unpaired) electrons. The second-order valence-electron chi connectivity index (χ2n) is 6.66. The number of likely N-dealkylation sites (N-methyl/N-ethyl adjacent to an activating group) is 1. The SMILES string of the molecule is Cc1cccc(NC(=O)Nc2ccc(N3CCN(C)CC3)cc2)c1C. The lowest BCUT2D eigenvalue weighted by Crippen LogP contribution is -2.44. The van der Waals surface area contributed by atoms with Gasteiger partial charge in [0.05, 0.1) is 0 Å². The van der Waals surface area contributed by atoms with Crippen molar-refractivity contribution in [2.24, 2.45) is 0 Å². The fourth-order valence-corrected chi connectivity index (χ4v) is 2.99. The number of anilines is 3.